The van der Waals surface area contributed by atoms with Gasteiger partial charge in [0, 0.05) is 71.3 Å². The lowest BCUT2D eigenvalue weighted by molar-refractivity contribution is -0.174. The number of ketones is 5. The number of hydrogen-bond acceptors (Lipinski definition) is 10. The molecular formula is C60H88O10. The fourth-order valence-corrected chi connectivity index (χ4v) is 18.2. The molecule has 8 aliphatic carbocycles. The van der Waals surface area contributed by atoms with E-state index >= 15 is 0 Å². The molecule has 388 valence electrons. The maximum Gasteiger partial charge on any atom is 0.309 e. The Hall–Kier alpha value is -3.08. The highest BCUT2D eigenvalue weighted by Crippen LogP contribution is 2.73. The molecule has 10 heteroatoms. The molecule has 0 heterocycles. The van der Waals surface area contributed by atoms with Gasteiger partial charge in [0.15, 0.2) is 11.6 Å². The first kappa shape index (κ1) is 53.2. The minimum absolute atomic E-state index is 0.00756. The normalized spacial score (nSPS) is 42.1. The number of rotatable bonds is 13. The van der Waals surface area contributed by atoms with Crippen LogP contribution in [0.3, 0.4) is 0 Å². The summed E-state index contributed by atoms with van der Waals surface area (Å²) in [5.41, 5.74) is -1.42. The quantitative estimate of drug-likeness (QED) is 0.151. The van der Waals surface area contributed by atoms with E-state index in [2.05, 4.69) is 53.7 Å². The number of aliphatic hydroxyl groups is 3. The Balaban J connectivity index is 0.912. The lowest BCUT2D eigenvalue weighted by atomic mass is 9.42. The third-order valence-corrected chi connectivity index (χ3v) is 23.3. The predicted molar refractivity (Wildman–Crippen MR) is 269 cm³/mol. The monoisotopic (exact) mass is 969 g/mol. The van der Waals surface area contributed by atoms with Gasteiger partial charge in [-0.25, -0.2) is 0 Å². The number of fused-ring (bicyclic) bond motifs is 9. The Morgan fingerprint density at radius 2 is 1.36 bits per heavy atom. The summed E-state index contributed by atoms with van der Waals surface area (Å²) < 4.78 is 6.08. The highest BCUT2D eigenvalue weighted by Gasteiger charge is 2.71. The topological polar surface area (TPSA) is 172 Å². The van der Waals surface area contributed by atoms with Gasteiger partial charge in [-0.05, 0) is 133 Å². The van der Waals surface area contributed by atoms with Crippen molar-refractivity contribution >= 4 is 34.9 Å². The Kier molecular flexibility index (Phi) is 13.1. The Morgan fingerprint density at radius 1 is 0.743 bits per heavy atom. The molecule has 0 aliphatic heterocycles. The molecular weight excluding hydrogens is 881 g/mol. The van der Waals surface area contributed by atoms with Crippen molar-refractivity contribution in [2.24, 2.45) is 84.7 Å². The summed E-state index contributed by atoms with van der Waals surface area (Å²) in [5, 5.41) is 33.8. The van der Waals surface area contributed by atoms with Gasteiger partial charge in [0.25, 0.3) is 0 Å². The van der Waals surface area contributed by atoms with Gasteiger partial charge in [-0.1, -0.05) is 102 Å². The number of Topliss-reactive ketones (excluding diaryl/α,β-unsaturated/α-hetero) is 5. The molecule has 0 amide bonds. The summed E-state index contributed by atoms with van der Waals surface area (Å²) in [7, 11) is 0. The first-order chi connectivity index (χ1) is 32.2. The van der Waals surface area contributed by atoms with E-state index in [9.17, 15) is 44.1 Å². The summed E-state index contributed by atoms with van der Waals surface area (Å²) in [6.07, 6.45) is 11.1. The smallest absolute Gasteiger partial charge is 0.309 e. The molecule has 8 aliphatic rings. The molecule has 0 spiro atoms. The van der Waals surface area contributed by atoms with Crippen LogP contribution in [0.4, 0.5) is 0 Å². The minimum atomic E-state index is -1.70. The van der Waals surface area contributed by atoms with Gasteiger partial charge in [-0.3, -0.25) is 28.8 Å². The second-order valence-electron chi connectivity index (χ2n) is 27.6. The highest BCUT2D eigenvalue weighted by molar-refractivity contribution is 6.12. The summed E-state index contributed by atoms with van der Waals surface area (Å²) in [6.45, 7) is 28.2. The lowest BCUT2D eigenvalue weighted by Crippen LogP contribution is -2.59. The van der Waals surface area contributed by atoms with E-state index in [1.54, 1.807) is 6.92 Å². The van der Waals surface area contributed by atoms with Crippen molar-refractivity contribution in [3.63, 3.8) is 0 Å². The molecule has 0 aromatic carbocycles. The first-order valence-corrected chi connectivity index (χ1v) is 27.3. The SMILES string of the molecule is C[C@H](CC(=O)C[C@@H](C)[C@H]1C[C@@H](O)[C@@]2(C)C3=C(C(=O)C[C@]12C)[C@@]1(C)CCC(=O)C(C)(C)[C@@H]1CC3=O)C(=O)O[C@H](CC[C@@H](C)[C@H]1CC[C@@]2(C)C3=CC[C@H]4C(C)(C)C(=O)CC[C@]4(C)C3=CC[C@]12C)[C@@](C)(O)CO. The molecule has 0 aromatic rings. The molecule has 0 radical (unpaired) electrons. The van der Waals surface area contributed by atoms with Gasteiger partial charge in [-0.2, -0.15) is 0 Å². The van der Waals surface area contributed by atoms with Crippen LogP contribution in [0, 0.1) is 84.7 Å². The maximum absolute atomic E-state index is 14.5. The van der Waals surface area contributed by atoms with E-state index < -0.39 is 58.0 Å². The minimum Gasteiger partial charge on any atom is -0.459 e. The number of allylic oxidation sites excluding steroid dienone is 5. The molecule has 8 rings (SSSR count). The van der Waals surface area contributed by atoms with Crippen LogP contribution < -0.4 is 0 Å². The average Bonchev–Trinajstić information content (AvgIpc) is 3.67. The van der Waals surface area contributed by atoms with Crippen LogP contribution in [0.15, 0.2) is 34.4 Å². The fourth-order valence-electron chi connectivity index (χ4n) is 18.2. The number of hydrogen-bond donors (Lipinski definition) is 3. The first-order valence-electron chi connectivity index (χ1n) is 27.3. The Morgan fingerprint density at radius 3 is 1.99 bits per heavy atom. The van der Waals surface area contributed by atoms with Crippen LogP contribution in [0.2, 0.25) is 0 Å². The van der Waals surface area contributed by atoms with Crippen LogP contribution in [0.1, 0.15) is 193 Å². The molecule has 0 bridgehead atoms. The van der Waals surface area contributed by atoms with E-state index in [0.29, 0.717) is 61.4 Å². The van der Waals surface area contributed by atoms with Crippen molar-refractivity contribution in [3.05, 3.63) is 34.4 Å². The molecule has 4 fully saturated rings. The van der Waals surface area contributed by atoms with Crippen LogP contribution in [0.5, 0.6) is 0 Å². The predicted octanol–water partition coefficient (Wildman–Crippen LogP) is 10.4. The number of ether oxygens (including phenoxy) is 1. The summed E-state index contributed by atoms with van der Waals surface area (Å²) in [4.78, 5) is 82.9. The third kappa shape index (κ3) is 7.43. The zero-order chi connectivity index (χ0) is 51.9. The van der Waals surface area contributed by atoms with Crippen LogP contribution >= 0.6 is 0 Å². The zero-order valence-corrected chi connectivity index (χ0v) is 45.4. The van der Waals surface area contributed by atoms with Gasteiger partial charge >= 0.3 is 5.97 Å². The number of aliphatic hydroxyl groups excluding tert-OH is 2. The fraction of sp³-hybridized carbons (Fsp3) is 0.800. The summed E-state index contributed by atoms with van der Waals surface area (Å²) in [5.74, 6) is -1.26. The molecule has 0 unspecified atom stereocenters. The Labute approximate surface area is 419 Å². The van der Waals surface area contributed by atoms with Gasteiger partial charge < -0.3 is 20.1 Å². The van der Waals surface area contributed by atoms with E-state index in [1.807, 2.05) is 41.5 Å². The van der Waals surface area contributed by atoms with Crippen molar-refractivity contribution in [2.75, 3.05) is 6.61 Å². The van der Waals surface area contributed by atoms with Gasteiger partial charge in [0.05, 0.1) is 18.6 Å². The third-order valence-electron chi connectivity index (χ3n) is 23.3. The van der Waals surface area contributed by atoms with Gasteiger partial charge in [-0.15, -0.1) is 0 Å². The van der Waals surface area contributed by atoms with E-state index in [1.165, 1.54) is 18.1 Å². The zero-order valence-electron chi connectivity index (χ0n) is 45.4. The molecule has 10 nitrogen and oxygen atoms in total. The molecule has 16 atom stereocenters. The average molecular weight is 969 g/mol. The van der Waals surface area contributed by atoms with Crippen molar-refractivity contribution in [1.82, 2.24) is 0 Å². The molecule has 0 aromatic heterocycles. The number of carbonyl (C=O) groups is 6. The second-order valence-corrected chi connectivity index (χ2v) is 27.6. The molecule has 3 N–H and O–H groups in total. The van der Waals surface area contributed by atoms with E-state index in [4.69, 9.17) is 4.74 Å². The van der Waals surface area contributed by atoms with Crippen molar-refractivity contribution in [3.8, 4) is 0 Å². The summed E-state index contributed by atoms with van der Waals surface area (Å²) >= 11 is 0. The summed E-state index contributed by atoms with van der Waals surface area (Å²) in [6, 6.07) is 0. The number of esters is 1. The van der Waals surface area contributed by atoms with Crippen LogP contribution in [-0.2, 0) is 33.5 Å². The standard InChI is InChI=1S/C60H88O10/c1-33(37-19-25-57(11)39-16-17-43-52(4,5)45(65)21-23-54(43,8)38(39)20-26-56(37,57)10)15-18-48(59(13,69)32-61)70-51(68)35(3)28-36(62)27-34(2)40-29-47(67)60(14)50-41(63)30-44-53(6,7)46(66)22-24-55(44,9)49(50)42(64)31-58(40,60)12/h16,20,33-35,37,40,43-44,47-48,61,67,69H,15,17-19,21-32H2,1-14H3/t33-,34-,35-,37-,40-,43+,44+,47-,48-,54-,55+,56-,57+,58-,59+,60+/m1/s1. The van der Waals surface area contributed by atoms with Crippen molar-refractivity contribution in [1.29, 1.82) is 0 Å². The number of carbonyl (C=O) groups excluding carboxylic acids is 6. The Bertz CT molecular complexity index is 2350. The second kappa shape index (κ2) is 17.2. The molecule has 70 heavy (non-hydrogen) atoms. The maximum atomic E-state index is 14.5. The molecule has 4 saturated carbocycles. The van der Waals surface area contributed by atoms with Gasteiger partial charge in [0.1, 0.15) is 29.1 Å². The van der Waals surface area contributed by atoms with Gasteiger partial charge in [0.2, 0.25) is 0 Å². The largest absolute Gasteiger partial charge is 0.459 e. The van der Waals surface area contributed by atoms with E-state index in [-0.39, 0.29) is 100 Å². The van der Waals surface area contributed by atoms with Crippen LogP contribution in [0.25, 0.3) is 0 Å². The van der Waals surface area contributed by atoms with Crippen molar-refractivity contribution in [2.45, 2.75) is 211 Å². The lowest BCUT2D eigenvalue weighted by Gasteiger charge is -2.59. The van der Waals surface area contributed by atoms with Crippen LogP contribution in [-0.4, -0.2) is 74.6 Å². The highest BCUT2D eigenvalue weighted by atomic mass is 16.6. The van der Waals surface area contributed by atoms with Crippen molar-refractivity contribution < 1.29 is 48.8 Å². The van der Waals surface area contributed by atoms with E-state index in [0.717, 1.165) is 32.1 Å². The molecule has 0 saturated heterocycles.